The third-order valence-corrected chi connectivity index (χ3v) is 6.99. The van der Waals surface area contributed by atoms with Crippen LogP contribution < -0.4 is 0 Å². The van der Waals surface area contributed by atoms with E-state index >= 15 is 0 Å². The van der Waals surface area contributed by atoms with E-state index in [-0.39, 0.29) is 17.1 Å². The number of allylic oxidation sites excluding steroid dienone is 2. The first kappa shape index (κ1) is 18.9. The molecule has 0 heterocycles. The standard InChI is InChI=1S/C22H35FO2/c1-4-5-18(6-7-21(2,3)23)19(24)11-20(25)22-12-15-8-16(13-22)10-17(9-15)14-22/h11,15-18,25H,4-10,12-14H2,1-3H3/b20-11-. The topological polar surface area (TPSA) is 37.3 Å². The molecule has 1 N–H and O–H groups in total. The molecule has 0 aromatic rings. The lowest BCUT2D eigenvalue weighted by Gasteiger charge is -2.56. The fourth-order valence-electron chi connectivity index (χ4n) is 6.12. The Hall–Kier alpha value is -0.860. The summed E-state index contributed by atoms with van der Waals surface area (Å²) in [6.45, 7) is 5.20. The van der Waals surface area contributed by atoms with Crippen LogP contribution in [0.5, 0.6) is 0 Å². The number of aliphatic hydroxyl groups is 1. The summed E-state index contributed by atoms with van der Waals surface area (Å²) in [6, 6.07) is 0. The maximum Gasteiger partial charge on any atom is 0.162 e. The van der Waals surface area contributed by atoms with Crippen molar-refractivity contribution in [2.24, 2.45) is 29.1 Å². The Bertz CT molecular complexity index is 493. The van der Waals surface area contributed by atoms with Crippen molar-refractivity contribution in [3.63, 3.8) is 0 Å². The molecule has 0 aromatic carbocycles. The molecule has 4 rings (SSSR count). The molecule has 3 heteroatoms. The minimum absolute atomic E-state index is 0.0133. The lowest BCUT2D eigenvalue weighted by molar-refractivity contribution is -0.119. The van der Waals surface area contributed by atoms with Crippen LogP contribution in [0.15, 0.2) is 11.8 Å². The summed E-state index contributed by atoms with van der Waals surface area (Å²) in [5, 5.41) is 10.9. The minimum atomic E-state index is -1.24. The second-order valence-corrected chi connectivity index (χ2v) is 9.87. The predicted octanol–water partition coefficient (Wildman–Crippen LogP) is 6.16. The van der Waals surface area contributed by atoms with Crippen LogP contribution in [0, 0.1) is 29.1 Å². The Kier molecular flexibility index (Phi) is 5.33. The summed E-state index contributed by atoms with van der Waals surface area (Å²) in [5.74, 6) is 2.44. The van der Waals surface area contributed by atoms with Crippen LogP contribution in [-0.2, 0) is 4.79 Å². The third-order valence-electron chi connectivity index (χ3n) is 6.99. The first-order valence-corrected chi connectivity index (χ1v) is 10.3. The summed E-state index contributed by atoms with van der Waals surface area (Å²) >= 11 is 0. The zero-order chi connectivity index (χ0) is 18.2. The van der Waals surface area contributed by atoms with Crippen molar-refractivity contribution in [1.82, 2.24) is 0 Å². The number of hydrogen-bond donors (Lipinski definition) is 1. The van der Waals surface area contributed by atoms with Gasteiger partial charge in [0.2, 0.25) is 0 Å². The molecular weight excluding hydrogens is 315 g/mol. The Labute approximate surface area is 152 Å². The minimum Gasteiger partial charge on any atom is -0.512 e. The van der Waals surface area contributed by atoms with Crippen molar-refractivity contribution in [2.45, 2.75) is 90.6 Å². The quantitative estimate of drug-likeness (QED) is 0.420. The molecule has 4 saturated carbocycles. The Morgan fingerprint density at radius 3 is 2.12 bits per heavy atom. The van der Waals surface area contributed by atoms with Crippen LogP contribution in [0.25, 0.3) is 0 Å². The highest BCUT2D eigenvalue weighted by Crippen LogP contribution is 2.62. The molecule has 0 aliphatic heterocycles. The SMILES string of the molecule is CCCC(CCC(C)(C)F)C(=O)/C=C(\O)C12CC3CC(CC(C3)C1)C2. The molecule has 0 radical (unpaired) electrons. The highest BCUT2D eigenvalue weighted by molar-refractivity contribution is 5.92. The molecule has 0 saturated heterocycles. The predicted molar refractivity (Wildman–Crippen MR) is 99.1 cm³/mol. The molecule has 25 heavy (non-hydrogen) atoms. The molecule has 4 aliphatic carbocycles. The van der Waals surface area contributed by atoms with Gasteiger partial charge in [0.1, 0.15) is 11.4 Å². The molecule has 4 bridgehead atoms. The van der Waals surface area contributed by atoms with Crippen molar-refractivity contribution in [3.8, 4) is 0 Å². The van der Waals surface area contributed by atoms with Crippen molar-refractivity contribution in [2.75, 3.05) is 0 Å². The van der Waals surface area contributed by atoms with Crippen molar-refractivity contribution in [1.29, 1.82) is 0 Å². The van der Waals surface area contributed by atoms with E-state index < -0.39 is 5.67 Å². The molecule has 0 amide bonds. The van der Waals surface area contributed by atoms with Crippen LogP contribution in [0.2, 0.25) is 0 Å². The smallest absolute Gasteiger partial charge is 0.162 e. The van der Waals surface area contributed by atoms with E-state index in [1.165, 1.54) is 19.3 Å². The first-order chi connectivity index (χ1) is 11.7. The maximum atomic E-state index is 13.8. The maximum absolute atomic E-state index is 13.8. The normalized spacial score (nSPS) is 35.8. The largest absolute Gasteiger partial charge is 0.512 e. The number of carbonyl (C=O) groups excluding carboxylic acids is 1. The van der Waals surface area contributed by atoms with Crippen LogP contribution in [0.1, 0.15) is 85.0 Å². The molecular formula is C22H35FO2. The highest BCUT2D eigenvalue weighted by atomic mass is 19.1. The van der Waals surface area contributed by atoms with Gasteiger partial charge in [-0.25, -0.2) is 4.39 Å². The van der Waals surface area contributed by atoms with Gasteiger partial charge in [-0.2, -0.15) is 0 Å². The van der Waals surface area contributed by atoms with Crippen LogP contribution in [0.3, 0.4) is 0 Å². The number of aliphatic hydroxyl groups excluding tert-OH is 1. The second kappa shape index (κ2) is 7.04. The van der Waals surface area contributed by atoms with Gasteiger partial charge in [0.15, 0.2) is 5.78 Å². The van der Waals surface area contributed by atoms with E-state index in [4.69, 9.17) is 0 Å². The highest BCUT2D eigenvalue weighted by Gasteiger charge is 2.53. The van der Waals surface area contributed by atoms with Gasteiger partial charge in [0.25, 0.3) is 0 Å². The Morgan fingerprint density at radius 1 is 1.16 bits per heavy atom. The van der Waals surface area contributed by atoms with E-state index in [1.807, 2.05) is 0 Å². The van der Waals surface area contributed by atoms with Gasteiger partial charge in [-0.1, -0.05) is 13.3 Å². The molecule has 0 spiro atoms. The molecule has 4 aliphatic rings. The van der Waals surface area contributed by atoms with E-state index in [2.05, 4.69) is 6.92 Å². The molecule has 2 nitrogen and oxygen atoms in total. The molecule has 142 valence electrons. The summed E-state index contributed by atoms with van der Waals surface area (Å²) in [5.41, 5.74) is -1.36. The summed E-state index contributed by atoms with van der Waals surface area (Å²) in [4.78, 5) is 12.8. The molecule has 4 fully saturated rings. The number of ketones is 1. The first-order valence-electron chi connectivity index (χ1n) is 10.3. The Morgan fingerprint density at radius 2 is 1.68 bits per heavy atom. The van der Waals surface area contributed by atoms with Gasteiger partial charge in [-0.3, -0.25) is 4.79 Å². The van der Waals surface area contributed by atoms with Crippen molar-refractivity contribution in [3.05, 3.63) is 11.8 Å². The van der Waals surface area contributed by atoms with Crippen molar-refractivity contribution < 1.29 is 14.3 Å². The zero-order valence-electron chi connectivity index (χ0n) is 16.2. The van der Waals surface area contributed by atoms with Gasteiger partial charge in [0, 0.05) is 17.4 Å². The van der Waals surface area contributed by atoms with Crippen LogP contribution in [-0.4, -0.2) is 16.6 Å². The Balaban J connectivity index is 1.70. The lowest BCUT2D eigenvalue weighted by atomic mass is 9.49. The van der Waals surface area contributed by atoms with Gasteiger partial charge in [-0.15, -0.1) is 0 Å². The van der Waals surface area contributed by atoms with Gasteiger partial charge in [-0.05, 0) is 89.4 Å². The fourth-order valence-corrected chi connectivity index (χ4v) is 6.12. The monoisotopic (exact) mass is 350 g/mol. The van der Waals surface area contributed by atoms with Crippen LogP contribution >= 0.6 is 0 Å². The zero-order valence-corrected chi connectivity index (χ0v) is 16.2. The molecule has 0 aromatic heterocycles. The number of halogens is 1. The fraction of sp³-hybridized carbons (Fsp3) is 0.864. The third kappa shape index (κ3) is 4.28. The number of hydrogen-bond acceptors (Lipinski definition) is 2. The average molecular weight is 351 g/mol. The van der Waals surface area contributed by atoms with E-state index in [0.29, 0.717) is 18.6 Å². The molecule has 1 atom stereocenters. The number of carbonyl (C=O) groups is 1. The summed E-state index contributed by atoms with van der Waals surface area (Å²) in [6.07, 6.45) is 11.4. The van der Waals surface area contributed by atoms with Gasteiger partial charge >= 0.3 is 0 Å². The summed E-state index contributed by atoms with van der Waals surface area (Å²) < 4.78 is 13.8. The lowest BCUT2D eigenvalue weighted by Crippen LogP contribution is -2.47. The van der Waals surface area contributed by atoms with Crippen LogP contribution in [0.4, 0.5) is 4.39 Å². The average Bonchev–Trinajstić information content (AvgIpc) is 2.49. The summed E-state index contributed by atoms with van der Waals surface area (Å²) in [7, 11) is 0. The molecule has 1 unspecified atom stereocenters. The second-order valence-electron chi connectivity index (χ2n) is 9.87. The van der Waals surface area contributed by atoms with E-state index in [1.54, 1.807) is 19.9 Å². The van der Waals surface area contributed by atoms with Gasteiger partial charge < -0.3 is 5.11 Å². The van der Waals surface area contributed by atoms with E-state index in [0.717, 1.165) is 49.9 Å². The van der Waals surface area contributed by atoms with Gasteiger partial charge in [0.05, 0.1) is 0 Å². The van der Waals surface area contributed by atoms with Crippen molar-refractivity contribution >= 4 is 5.78 Å². The number of alkyl halides is 1. The van der Waals surface area contributed by atoms with E-state index in [9.17, 15) is 14.3 Å². The number of rotatable bonds is 8.